The molecule has 0 aliphatic rings. The number of ether oxygens (including phenoxy) is 1. The van der Waals surface area contributed by atoms with Gasteiger partial charge in [0.15, 0.2) is 0 Å². The van der Waals surface area contributed by atoms with Crippen molar-refractivity contribution in [3.05, 3.63) is 28.8 Å². The maximum Gasteiger partial charge on any atom is 0.416 e. The maximum absolute atomic E-state index is 12.6. The minimum Gasteiger partial charge on any atom is -0.478 e. The molecule has 0 bridgehead atoms. The molecule has 0 aromatic heterocycles. The van der Waals surface area contributed by atoms with Crippen molar-refractivity contribution >= 4 is 17.6 Å². The third-order valence-corrected chi connectivity index (χ3v) is 2.23. The zero-order chi connectivity index (χ0) is 14.8. The van der Waals surface area contributed by atoms with Gasteiger partial charge in [0.1, 0.15) is 0 Å². The number of nitrogen functional groups attached to an aromatic ring is 1. The molecule has 5 nitrogen and oxygen atoms in total. The van der Waals surface area contributed by atoms with E-state index in [1.807, 2.05) is 0 Å². The lowest BCUT2D eigenvalue weighted by atomic mass is 10.0. The fraction of sp³-hybridized carbons (Fsp3) is 0.273. The number of carboxylic acids is 1. The Labute approximate surface area is 105 Å². The SMILES string of the molecule is CCOC(=O)c1cc(C(F)(F)F)cc(C(=O)O)c1N. The zero-order valence-corrected chi connectivity index (χ0v) is 9.75. The number of anilines is 1. The molecule has 0 unspecified atom stereocenters. The summed E-state index contributed by atoms with van der Waals surface area (Å²) in [5, 5.41) is 8.79. The average Bonchev–Trinajstić information content (AvgIpc) is 2.27. The van der Waals surface area contributed by atoms with Crippen LogP contribution in [0.5, 0.6) is 0 Å². The number of aromatic carboxylic acids is 1. The second-order valence-electron chi connectivity index (χ2n) is 3.51. The van der Waals surface area contributed by atoms with E-state index < -0.39 is 40.5 Å². The summed E-state index contributed by atoms with van der Waals surface area (Å²) < 4.78 is 42.4. The van der Waals surface area contributed by atoms with E-state index in [0.717, 1.165) is 0 Å². The van der Waals surface area contributed by atoms with Gasteiger partial charge in [0.25, 0.3) is 0 Å². The first kappa shape index (κ1) is 14.8. The number of carboxylic acid groups (broad SMARTS) is 1. The van der Waals surface area contributed by atoms with Gasteiger partial charge in [-0.2, -0.15) is 13.2 Å². The van der Waals surface area contributed by atoms with E-state index in [9.17, 15) is 22.8 Å². The number of nitrogens with two attached hydrogens (primary N) is 1. The Bertz CT molecular complexity index is 525. The minimum atomic E-state index is -4.79. The van der Waals surface area contributed by atoms with E-state index in [-0.39, 0.29) is 6.61 Å². The molecule has 19 heavy (non-hydrogen) atoms. The van der Waals surface area contributed by atoms with Crippen molar-refractivity contribution in [1.82, 2.24) is 0 Å². The third-order valence-electron chi connectivity index (χ3n) is 2.23. The van der Waals surface area contributed by atoms with Crippen molar-refractivity contribution in [2.24, 2.45) is 0 Å². The van der Waals surface area contributed by atoms with E-state index in [2.05, 4.69) is 4.74 Å². The van der Waals surface area contributed by atoms with Crippen molar-refractivity contribution in [2.75, 3.05) is 12.3 Å². The molecule has 0 atom stereocenters. The van der Waals surface area contributed by atoms with Crippen molar-refractivity contribution in [2.45, 2.75) is 13.1 Å². The van der Waals surface area contributed by atoms with Crippen LogP contribution in [0.15, 0.2) is 12.1 Å². The Morgan fingerprint density at radius 1 is 1.32 bits per heavy atom. The summed E-state index contributed by atoms with van der Waals surface area (Å²) in [6.07, 6.45) is -4.79. The lowest BCUT2D eigenvalue weighted by Gasteiger charge is -2.13. The Morgan fingerprint density at radius 2 is 1.84 bits per heavy atom. The molecule has 0 spiro atoms. The molecule has 0 aliphatic carbocycles. The van der Waals surface area contributed by atoms with Crippen LogP contribution in [0.2, 0.25) is 0 Å². The normalized spacial score (nSPS) is 11.2. The summed E-state index contributed by atoms with van der Waals surface area (Å²) >= 11 is 0. The number of alkyl halides is 3. The standard InChI is InChI=1S/C11H10F3NO4/c1-2-19-10(18)7-4-5(11(12,13)14)3-6(8(7)15)9(16)17/h3-4H,2,15H2,1H3,(H,16,17). The fourth-order valence-corrected chi connectivity index (χ4v) is 1.37. The zero-order valence-electron chi connectivity index (χ0n) is 9.75. The lowest BCUT2D eigenvalue weighted by Crippen LogP contribution is -2.16. The van der Waals surface area contributed by atoms with Crippen LogP contribution in [0.3, 0.4) is 0 Å². The van der Waals surface area contributed by atoms with Gasteiger partial charge < -0.3 is 15.6 Å². The van der Waals surface area contributed by atoms with Crippen molar-refractivity contribution in [3.63, 3.8) is 0 Å². The van der Waals surface area contributed by atoms with Gasteiger partial charge in [0, 0.05) is 0 Å². The van der Waals surface area contributed by atoms with Crippen LogP contribution in [-0.2, 0) is 10.9 Å². The molecule has 0 saturated heterocycles. The van der Waals surface area contributed by atoms with Crippen LogP contribution in [0, 0.1) is 0 Å². The summed E-state index contributed by atoms with van der Waals surface area (Å²) in [5.41, 5.74) is 2.14. The van der Waals surface area contributed by atoms with Crippen molar-refractivity contribution in [3.8, 4) is 0 Å². The summed E-state index contributed by atoms with van der Waals surface area (Å²) in [7, 11) is 0. The molecule has 1 aromatic rings. The van der Waals surface area contributed by atoms with Gasteiger partial charge in [-0.25, -0.2) is 9.59 Å². The van der Waals surface area contributed by atoms with Crippen LogP contribution < -0.4 is 5.73 Å². The summed E-state index contributed by atoms with van der Waals surface area (Å²) in [4.78, 5) is 22.3. The molecule has 0 fully saturated rings. The summed E-state index contributed by atoms with van der Waals surface area (Å²) in [6.45, 7) is 1.39. The number of esters is 1. The predicted molar refractivity (Wildman–Crippen MR) is 58.8 cm³/mol. The molecule has 0 aliphatic heterocycles. The summed E-state index contributed by atoms with van der Waals surface area (Å²) in [5.74, 6) is -2.76. The summed E-state index contributed by atoms with van der Waals surface area (Å²) in [6, 6.07) is 0.847. The number of hydrogen-bond acceptors (Lipinski definition) is 4. The van der Waals surface area contributed by atoms with Gasteiger partial charge in [-0.1, -0.05) is 0 Å². The molecular formula is C11H10F3NO4. The Balaban J connectivity index is 3.49. The van der Waals surface area contributed by atoms with Crippen LogP contribution in [-0.4, -0.2) is 23.7 Å². The first-order valence-corrected chi connectivity index (χ1v) is 5.09. The number of halogens is 3. The van der Waals surface area contributed by atoms with Gasteiger partial charge >= 0.3 is 18.1 Å². The monoisotopic (exact) mass is 277 g/mol. The molecule has 0 amide bonds. The van der Waals surface area contributed by atoms with Gasteiger partial charge in [-0.15, -0.1) is 0 Å². The number of rotatable bonds is 3. The van der Waals surface area contributed by atoms with Crippen LogP contribution >= 0.6 is 0 Å². The Morgan fingerprint density at radius 3 is 2.26 bits per heavy atom. The molecule has 0 heterocycles. The number of carbonyl (C=O) groups excluding carboxylic acids is 1. The first-order valence-electron chi connectivity index (χ1n) is 5.09. The largest absolute Gasteiger partial charge is 0.478 e. The smallest absolute Gasteiger partial charge is 0.416 e. The number of carbonyl (C=O) groups is 2. The Kier molecular flexibility index (Phi) is 4.03. The van der Waals surface area contributed by atoms with Gasteiger partial charge in [0.2, 0.25) is 0 Å². The molecule has 1 aromatic carbocycles. The van der Waals surface area contributed by atoms with E-state index >= 15 is 0 Å². The molecule has 0 radical (unpaired) electrons. The minimum absolute atomic E-state index is 0.0725. The third kappa shape index (κ3) is 3.15. The topological polar surface area (TPSA) is 89.6 Å². The van der Waals surface area contributed by atoms with E-state index in [1.54, 1.807) is 0 Å². The second kappa shape index (κ2) is 5.17. The Hall–Kier alpha value is -2.25. The van der Waals surface area contributed by atoms with Crippen molar-refractivity contribution in [1.29, 1.82) is 0 Å². The van der Waals surface area contributed by atoms with Gasteiger partial charge in [0.05, 0.1) is 29.0 Å². The fourth-order valence-electron chi connectivity index (χ4n) is 1.37. The molecule has 104 valence electrons. The lowest BCUT2D eigenvalue weighted by molar-refractivity contribution is -0.137. The average molecular weight is 277 g/mol. The molecular weight excluding hydrogens is 267 g/mol. The van der Waals surface area contributed by atoms with Crippen LogP contribution in [0.4, 0.5) is 18.9 Å². The van der Waals surface area contributed by atoms with Gasteiger partial charge in [-0.3, -0.25) is 0 Å². The van der Waals surface area contributed by atoms with E-state index in [4.69, 9.17) is 10.8 Å². The predicted octanol–water partition coefficient (Wildman–Crippen LogP) is 2.16. The van der Waals surface area contributed by atoms with Crippen LogP contribution in [0.1, 0.15) is 33.2 Å². The van der Waals surface area contributed by atoms with Crippen molar-refractivity contribution < 1.29 is 32.6 Å². The van der Waals surface area contributed by atoms with E-state index in [0.29, 0.717) is 12.1 Å². The van der Waals surface area contributed by atoms with Crippen LogP contribution in [0.25, 0.3) is 0 Å². The molecule has 8 heteroatoms. The highest BCUT2D eigenvalue weighted by Gasteiger charge is 2.34. The highest BCUT2D eigenvalue weighted by Crippen LogP contribution is 2.33. The highest BCUT2D eigenvalue weighted by atomic mass is 19.4. The molecule has 3 N–H and O–H groups in total. The number of hydrogen-bond donors (Lipinski definition) is 2. The quantitative estimate of drug-likeness (QED) is 0.652. The number of benzene rings is 1. The van der Waals surface area contributed by atoms with E-state index in [1.165, 1.54) is 6.92 Å². The molecule has 1 rings (SSSR count). The molecule has 0 saturated carbocycles. The first-order chi connectivity index (χ1) is 8.68. The maximum atomic E-state index is 12.6. The van der Waals surface area contributed by atoms with Gasteiger partial charge in [-0.05, 0) is 19.1 Å². The second-order valence-corrected chi connectivity index (χ2v) is 3.51. The highest BCUT2D eigenvalue weighted by molar-refractivity contribution is 6.03.